The van der Waals surface area contributed by atoms with Crippen LogP contribution in [0, 0.1) is 5.92 Å². The summed E-state index contributed by atoms with van der Waals surface area (Å²) in [6.45, 7) is 6.04. The molecule has 0 aliphatic heterocycles. The van der Waals surface area contributed by atoms with Crippen molar-refractivity contribution in [2.75, 3.05) is 6.54 Å². The van der Waals surface area contributed by atoms with E-state index in [4.69, 9.17) is 0 Å². The first kappa shape index (κ1) is 19.5. The number of amides is 2. The third-order valence-corrected chi connectivity index (χ3v) is 5.01. The zero-order chi connectivity index (χ0) is 18.6. The molecule has 2 amide bonds. The van der Waals surface area contributed by atoms with E-state index in [0.717, 1.165) is 30.4 Å². The van der Waals surface area contributed by atoms with Gasteiger partial charge in [-0.2, -0.15) is 8.78 Å². The average molecular weight is 354 g/mol. The Kier molecular flexibility index (Phi) is 6.62. The van der Waals surface area contributed by atoms with Gasteiger partial charge in [0.15, 0.2) is 0 Å². The molecule has 4 nitrogen and oxygen atoms in total. The predicted molar refractivity (Wildman–Crippen MR) is 94.0 cm³/mol. The van der Waals surface area contributed by atoms with Crippen LogP contribution < -0.4 is 10.1 Å². The number of halogens is 2. The number of rotatable bonds is 6. The van der Waals surface area contributed by atoms with Crippen LogP contribution in [0.25, 0.3) is 0 Å². The Morgan fingerprint density at radius 2 is 2.08 bits per heavy atom. The molecule has 2 atom stereocenters. The second kappa shape index (κ2) is 8.50. The summed E-state index contributed by atoms with van der Waals surface area (Å²) < 4.78 is 29.3. The highest BCUT2D eigenvalue weighted by atomic mass is 19.3. The van der Waals surface area contributed by atoms with Gasteiger partial charge in [-0.25, -0.2) is 4.79 Å². The summed E-state index contributed by atoms with van der Waals surface area (Å²) >= 11 is 0. The number of carbonyl (C=O) groups is 1. The summed E-state index contributed by atoms with van der Waals surface area (Å²) in [5, 5.41) is 3.12. The number of hydrogen-bond donors (Lipinski definition) is 1. The van der Waals surface area contributed by atoms with Crippen molar-refractivity contribution in [3.63, 3.8) is 0 Å². The lowest BCUT2D eigenvalue weighted by molar-refractivity contribution is -0.0499. The van der Waals surface area contributed by atoms with Crippen molar-refractivity contribution in [2.45, 2.75) is 65.7 Å². The molecule has 0 radical (unpaired) electrons. The Morgan fingerprint density at radius 1 is 1.36 bits per heavy atom. The van der Waals surface area contributed by atoms with Gasteiger partial charge in [-0.3, -0.25) is 0 Å². The first-order valence-electron chi connectivity index (χ1n) is 8.98. The van der Waals surface area contributed by atoms with Gasteiger partial charge in [0.2, 0.25) is 0 Å². The van der Waals surface area contributed by atoms with E-state index in [0.29, 0.717) is 12.5 Å². The number of nitrogens with one attached hydrogen (secondary N) is 1. The number of hydrogen-bond acceptors (Lipinski definition) is 2. The van der Waals surface area contributed by atoms with Crippen LogP contribution in [0.4, 0.5) is 13.6 Å². The van der Waals surface area contributed by atoms with Crippen LogP contribution in [-0.4, -0.2) is 30.1 Å². The highest BCUT2D eigenvalue weighted by molar-refractivity contribution is 5.75. The largest absolute Gasteiger partial charge is 0.435 e. The highest BCUT2D eigenvalue weighted by Gasteiger charge is 2.27. The number of alkyl halides is 2. The molecular weight excluding hydrogens is 326 g/mol. The lowest BCUT2D eigenvalue weighted by Crippen LogP contribution is -2.48. The van der Waals surface area contributed by atoms with Crippen LogP contribution in [-0.2, 0) is 6.42 Å². The number of ether oxygens (including phenoxy) is 1. The number of benzene rings is 1. The van der Waals surface area contributed by atoms with Crippen molar-refractivity contribution in [2.24, 2.45) is 5.92 Å². The maximum absolute atomic E-state index is 12.7. The van der Waals surface area contributed by atoms with E-state index in [-0.39, 0.29) is 23.9 Å². The van der Waals surface area contributed by atoms with Crippen molar-refractivity contribution in [1.82, 2.24) is 10.2 Å². The van der Waals surface area contributed by atoms with Crippen molar-refractivity contribution in [1.29, 1.82) is 0 Å². The third kappa shape index (κ3) is 4.83. The molecule has 2 unspecified atom stereocenters. The molecule has 6 heteroatoms. The molecule has 0 spiro atoms. The van der Waals surface area contributed by atoms with Crippen molar-refractivity contribution < 1.29 is 18.3 Å². The van der Waals surface area contributed by atoms with E-state index in [1.54, 1.807) is 18.2 Å². The van der Waals surface area contributed by atoms with E-state index >= 15 is 0 Å². The van der Waals surface area contributed by atoms with Gasteiger partial charge in [0.25, 0.3) is 0 Å². The Hall–Kier alpha value is -1.85. The second-order valence-corrected chi connectivity index (χ2v) is 6.90. The lowest BCUT2D eigenvalue weighted by Gasteiger charge is -2.34. The monoisotopic (exact) mass is 354 g/mol. The number of nitrogens with zero attached hydrogens (tertiary/aromatic N) is 1. The van der Waals surface area contributed by atoms with Crippen molar-refractivity contribution in [3.05, 3.63) is 29.3 Å². The molecule has 0 heterocycles. The fraction of sp³-hybridized carbons (Fsp3) is 0.632. The molecule has 1 aromatic rings. The quantitative estimate of drug-likeness (QED) is 0.801. The molecule has 1 aliphatic carbocycles. The lowest BCUT2D eigenvalue weighted by atomic mass is 9.87. The normalized spacial score (nSPS) is 18.0. The standard InChI is InChI=1S/C19H28F2N2O2/c1-5-23(13(4)12(2)3)19(24)22-17-8-6-7-14-11-15(25-18(20)21)9-10-16(14)17/h9-13,17-18H,5-8H2,1-4H3,(H,22,24). The van der Waals surface area contributed by atoms with Gasteiger partial charge in [0.05, 0.1) is 6.04 Å². The minimum atomic E-state index is -2.83. The zero-order valence-electron chi connectivity index (χ0n) is 15.4. The molecule has 0 fully saturated rings. The smallest absolute Gasteiger partial charge is 0.387 e. The Labute approximate surface area is 148 Å². The summed E-state index contributed by atoms with van der Waals surface area (Å²) in [6.07, 6.45) is 2.56. The summed E-state index contributed by atoms with van der Waals surface area (Å²) in [6, 6.07) is 4.98. The van der Waals surface area contributed by atoms with Gasteiger partial charge in [-0.05, 0) is 62.3 Å². The van der Waals surface area contributed by atoms with Crippen LogP contribution in [0.3, 0.4) is 0 Å². The third-order valence-electron chi connectivity index (χ3n) is 5.01. The first-order chi connectivity index (χ1) is 11.8. The zero-order valence-corrected chi connectivity index (χ0v) is 15.4. The minimum Gasteiger partial charge on any atom is -0.435 e. The summed E-state index contributed by atoms with van der Waals surface area (Å²) in [7, 11) is 0. The van der Waals surface area contributed by atoms with E-state index in [9.17, 15) is 13.6 Å². The summed E-state index contributed by atoms with van der Waals surface area (Å²) in [5.74, 6) is 0.544. The number of urea groups is 1. The Bertz CT molecular complexity index is 593. The fourth-order valence-electron chi connectivity index (χ4n) is 3.33. The van der Waals surface area contributed by atoms with Gasteiger partial charge < -0.3 is 15.0 Å². The Balaban J connectivity index is 2.13. The van der Waals surface area contributed by atoms with Crippen LogP contribution in [0.15, 0.2) is 18.2 Å². The van der Waals surface area contributed by atoms with Gasteiger partial charge >= 0.3 is 12.6 Å². The molecule has 25 heavy (non-hydrogen) atoms. The van der Waals surface area contributed by atoms with E-state index in [2.05, 4.69) is 30.8 Å². The Morgan fingerprint density at radius 3 is 2.68 bits per heavy atom. The average Bonchev–Trinajstić information content (AvgIpc) is 2.54. The van der Waals surface area contributed by atoms with Gasteiger partial charge in [0.1, 0.15) is 5.75 Å². The molecule has 1 aliphatic rings. The SMILES string of the molecule is CCN(C(=O)NC1CCCc2cc(OC(F)F)ccc21)C(C)C(C)C. The molecule has 2 rings (SSSR count). The summed E-state index contributed by atoms with van der Waals surface area (Å²) in [4.78, 5) is 14.5. The molecule has 1 N–H and O–H groups in total. The number of aryl methyl sites for hydroxylation is 1. The fourth-order valence-corrected chi connectivity index (χ4v) is 3.33. The summed E-state index contributed by atoms with van der Waals surface area (Å²) in [5.41, 5.74) is 1.96. The molecule has 140 valence electrons. The maximum Gasteiger partial charge on any atom is 0.387 e. The number of carbonyl (C=O) groups excluding carboxylic acids is 1. The highest BCUT2D eigenvalue weighted by Crippen LogP contribution is 2.33. The molecule has 0 saturated heterocycles. The van der Waals surface area contributed by atoms with Gasteiger partial charge in [0, 0.05) is 12.6 Å². The predicted octanol–water partition coefficient (Wildman–Crippen LogP) is 4.74. The molecular formula is C19H28F2N2O2. The van der Waals surface area contributed by atoms with Gasteiger partial charge in [-0.15, -0.1) is 0 Å². The second-order valence-electron chi connectivity index (χ2n) is 6.90. The van der Waals surface area contributed by atoms with Crippen LogP contribution in [0.1, 0.15) is 57.7 Å². The van der Waals surface area contributed by atoms with Crippen molar-refractivity contribution in [3.8, 4) is 5.75 Å². The van der Waals surface area contributed by atoms with Crippen LogP contribution >= 0.6 is 0 Å². The van der Waals surface area contributed by atoms with Gasteiger partial charge in [-0.1, -0.05) is 19.9 Å². The van der Waals surface area contributed by atoms with E-state index in [1.807, 2.05) is 11.8 Å². The maximum atomic E-state index is 12.7. The number of fused-ring (bicyclic) bond motifs is 1. The van der Waals surface area contributed by atoms with Crippen LogP contribution in [0.5, 0.6) is 5.75 Å². The molecule has 0 bridgehead atoms. The molecule has 0 saturated carbocycles. The van der Waals surface area contributed by atoms with E-state index in [1.165, 1.54) is 0 Å². The molecule has 0 aromatic heterocycles. The molecule has 1 aromatic carbocycles. The topological polar surface area (TPSA) is 41.6 Å². The first-order valence-corrected chi connectivity index (χ1v) is 8.98. The van der Waals surface area contributed by atoms with E-state index < -0.39 is 6.61 Å². The van der Waals surface area contributed by atoms with Crippen LogP contribution in [0.2, 0.25) is 0 Å². The minimum absolute atomic E-state index is 0.0746. The van der Waals surface area contributed by atoms with Crippen molar-refractivity contribution >= 4 is 6.03 Å².